The minimum atomic E-state index is -0.727. The third kappa shape index (κ3) is 3.89. The maximum absolute atomic E-state index is 12.4. The van der Waals surface area contributed by atoms with Gasteiger partial charge in [-0.25, -0.2) is 4.79 Å². The molecule has 1 fully saturated rings. The van der Waals surface area contributed by atoms with Crippen LogP contribution in [-0.4, -0.2) is 52.9 Å². The molecule has 9 nitrogen and oxygen atoms in total. The van der Waals surface area contributed by atoms with Gasteiger partial charge in [-0.1, -0.05) is 19.1 Å². The Hall–Kier alpha value is -2.81. The lowest BCUT2D eigenvalue weighted by Crippen LogP contribution is -2.50. The van der Waals surface area contributed by atoms with E-state index in [9.17, 15) is 9.59 Å². The van der Waals surface area contributed by atoms with Gasteiger partial charge in [-0.2, -0.15) is 4.68 Å². The molecule has 1 aromatic carbocycles. The van der Waals surface area contributed by atoms with Gasteiger partial charge < -0.3 is 14.8 Å². The number of esters is 1. The normalized spacial score (nSPS) is 21.9. The molecule has 1 aromatic heterocycles. The van der Waals surface area contributed by atoms with Crippen molar-refractivity contribution in [2.45, 2.75) is 38.1 Å². The molecule has 1 aliphatic rings. The summed E-state index contributed by atoms with van der Waals surface area (Å²) in [6.45, 7) is 2.15. The Bertz CT molecular complexity index is 842. The lowest BCUT2D eigenvalue weighted by molar-refractivity contribution is -0.127. The predicted molar refractivity (Wildman–Crippen MR) is 99.8 cm³/mol. The van der Waals surface area contributed by atoms with Gasteiger partial charge in [-0.15, -0.1) is 5.10 Å². The van der Waals surface area contributed by atoms with Crippen molar-refractivity contribution in [3.05, 3.63) is 35.7 Å². The molecule has 1 saturated carbocycles. The first-order valence-corrected chi connectivity index (χ1v) is 9.27. The average Bonchev–Trinajstić information content (AvgIpc) is 3.20. The number of amides is 1. The summed E-state index contributed by atoms with van der Waals surface area (Å²) in [6, 6.07) is 6.96. The number of benzene rings is 1. The molecular weight excluding hydrogens is 362 g/mol. The Labute approximate surface area is 163 Å². The maximum Gasteiger partial charge on any atom is 0.340 e. The molecule has 0 bridgehead atoms. The second-order valence-corrected chi connectivity index (χ2v) is 7.17. The summed E-state index contributed by atoms with van der Waals surface area (Å²) in [5.41, 5.74) is 0.129. The quantitative estimate of drug-likeness (QED) is 0.750. The van der Waals surface area contributed by atoms with Crippen LogP contribution in [0.2, 0.25) is 0 Å². The molecule has 28 heavy (non-hydrogen) atoms. The predicted octanol–water partition coefficient (Wildman–Crippen LogP) is 1.62. The number of para-hydroxylation sites is 1. The Kier molecular flexibility index (Phi) is 6.03. The van der Waals surface area contributed by atoms with E-state index in [1.807, 2.05) is 0 Å². The molecule has 3 rings (SSSR count). The van der Waals surface area contributed by atoms with Gasteiger partial charge >= 0.3 is 5.97 Å². The lowest BCUT2D eigenvalue weighted by atomic mass is 9.76. The summed E-state index contributed by atoms with van der Waals surface area (Å²) in [4.78, 5) is 24.6. The molecule has 0 atom stereocenters. The van der Waals surface area contributed by atoms with Crippen LogP contribution < -0.4 is 5.32 Å². The van der Waals surface area contributed by atoms with Crippen molar-refractivity contribution in [3.8, 4) is 5.69 Å². The van der Waals surface area contributed by atoms with E-state index in [0.29, 0.717) is 35.8 Å². The molecular formula is C19H25N5O4. The van der Waals surface area contributed by atoms with Gasteiger partial charge in [0.05, 0.1) is 18.4 Å². The van der Waals surface area contributed by atoms with E-state index in [1.165, 1.54) is 18.9 Å². The van der Waals surface area contributed by atoms with Crippen molar-refractivity contribution in [1.29, 1.82) is 0 Å². The zero-order valence-corrected chi connectivity index (χ0v) is 16.3. The van der Waals surface area contributed by atoms with Gasteiger partial charge in [0.1, 0.15) is 12.1 Å². The number of carbonyl (C=O) groups is 2. The second-order valence-electron chi connectivity index (χ2n) is 7.17. The molecule has 0 spiro atoms. The monoisotopic (exact) mass is 387 g/mol. The number of hydrogen-bond acceptors (Lipinski definition) is 7. The van der Waals surface area contributed by atoms with Crippen LogP contribution in [-0.2, 0) is 19.8 Å². The number of tetrazole rings is 1. The summed E-state index contributed by atoms with van der Waals surface area (Å²) >= 11 is 0. The Morgan fingerprint density at radius 1 is 1.25 bits per heavy atom. The molecule has 0 unspecified atom stereocenters. The van der Waals surface area contributed by atoms with E-state index in [0.717, 1.165) is 12.8 Å². The van der Waals surface area contributed by atoms with Crippen LogP contribution in [0.15, 0.2) is 24.3 Å². The highest BCUT2D eigenvalue weighted by Gasteiger charge is 2.42. The number of methoxy groups -OCH3 is 2. The second kappa shape index (κ2) is 8.47. The van der Waals surface area contributed by atoms with Crippen molar-refractivity contribution in [3.63, 3.8) is 0 Å². The fourth-order valence-corrected chi connectivity index (χ4v) is 3.68. The van der Waals surface area contributed by atoms with Crippen LogP contribution in [0.1, 0.15) is 48.8 Å². The summed E-state index contributed by atoms with van der Waals surface area (Å²) < 4.78 is 11.4. The van der Waals surface area contributed by atoms with Crippen LogP contribution in [0.5, 0.6) is 0 Å². The topological polar surface area (TPSA) is 108 Å². The zero-order chi connectivity index (χ0) is 20.1. The van der Waals surface area contributed by atoms with Crippen molar-refractivity contribution >= 4 is 11.9 Å². The van der Waals surface area contributed by atoms with Gasteiger partial charge in [0, 0.05) is 7.11 Å². The first-order chi connectivity index (χ1) is 13.5. The number of aromatic nitrogens is 4. The minimum absolute atomic E-state index is 0.0440. The Morgan fingerprint density at radius 2 is 1.96 bits per heavy atom. The highest BCUT2D eigenvalue weighted by Crippen LogP contribution is 2.39. The van der Waals surface area contributed by atoms with Crippen molar-refractivity contribution in [2.24, 2.45) is 5.92 Å². The van der Waals surface area contributed by atoms with E-state index < -0.39 is 11.5 Å². The van der Waals surface area contributed by atoms with Crippen molar-refractivity contribution in [1.82, 2.24) is 25.5 Å². The van der Waals surface area contributed by atoms with Crippen LogP contribution in [0, 0.1) is 5.92 Å². The standard InChI is InChI=1S/C19H25N5O4/c1-13-8-10-19(11-9-13,20-16(25)12-27-2)18-21-22-23-24(18)15-7-5-4-6-14(15)17(26)28-3/h4-7,13H,8-12H2,1-3H3,(H,20,25). The van der Waals surface area contributed by atoms with Crippen LogP contribution in [0.4, 0.5) is 0 Å². The Balaban J connectivity index is 2.07. The van der Waals surface area contributed by atoms with Crippen LogP contribution in [0.3, 0.4) is 0 Å². The minimum Gasteiger partial charge on any atom is -0.465 e. The van der Waals surface area contributed by atoms with Gasteiger partial charge in [-0.05, 0) is 54.2 Å². The number of nitrogens with one attached hydrogen (secondary N) is 1. The highest BCUT2D eigenvalue weighted by molar-refractivity contribution is 5.93. The van der Waals surface area contributed by atoms with E-state index in [4.69, 9.17) is 9.47 Å². The number of ether oxygens (including phenoxy) is 2. The first kappa shape index (κ1) is 19.9. The molecule has 150 valence electrons. The first-order valence-electron chi connectivity index (χ1n) is 9.27. The third-order valence-electron chi connectivity index (χ3n) is 5.22. The number of nitrogens with zero attached hydrogens (tertiary/aromatic N) is 4. The summed E-state index contributed by atoms with van der Waals surface area (Å²) in [5, 5.41) is 15.3. The molecule has 0 radical (unpaired) electrons. The SMILES string of the molecule is COCC(=O)NC1(c2nnnn2-c2ccccc2C(=O)OC)CCC(C)CC1. The largest absolute Gasteiger partial charge is 0.465 e. The van der Waals surface area contributed by atoms with E-state index in [-0.39, 0.29) is 12.5 Å². The summed E-state index contributed by atoms with van der Waals surface area (Å²) in [7, 11) is 2.81. The van der Waals surface area contributed by atoms with Crippen molar-refractivity contribution in [2.75, 3.05) is 20.8 Å². The third-order valence-corrected chi connectivity index (χ3v) is 5.22. The molecule has 0 saturated heterocycles. The van der Waals surface area contributed by atoms with Crippen LogP contribution >= 0.6 is 0 Å². The smallest absolute Gasteiger partial charge is 0.340 e. The summed E-state index contributed by atoms with van der Waals surface area (Å²) in [5.74, 6) is 0.346. The maximum atomic E-state index is 12.4. The number of carbonyl (C=O) groups excluding carboxylic acids is 2. The van der Waals surface area contributed by atoms with Gasteiger partial charge in [0.2, 0.25) is 5.91 Å². The molecule has 2 aromatic rings. The molecule has 1 heterocycles. The van der Waals surface area contributed by atoms with Gasteiger partial charge in [0.15, 0.2) is 5.82 Å². The van der Waals surface area contributed by atoms with Gasteiger partial charge in [-0.3, -0.25) is 4.79 Å². The fourth-order valence-electron chi connectivity index (χ4n) is 3.68. The van der Waals surface area contributed by atoms with E-state index in [1.54, 1.807) is 24.3 Å². The van der Waals surface area contributed by atoms with E-state index in [2.05, 4.69) is 27.8 Å². The number of hydrogen-bond donors (Lipinski definition) is 1. The Morgan fingerprint density at radius 3 is 2.64 bits per heavy atom. The zero-order valence-electron chi connectivity index (χ0n) is 16.3. The number of rotatable bonds is 6. The molecule has 1 amide bonds. The molecule has 1 N–H and O–H groups in total. The summed E-state index contributed by atoms with van der Waals surface area (Å²) in [6.07, 6.45) is 3.26. The fraction of sp³-hybridized carbons (Fsp3) is 0.526. The molecule has 0 aliphatic heterocycles. The molecule has 9 heteroatoms. The molecule has 1 aliphatic carbocycles. The van der Waals surface area contributed by atoms with Gasteiger partial charge in [0.25, 0.3) is 0 Å². The average molecular weight is 387 g/mol. The van der Waals surface area contributed by atoms with Crippen LogP contribution in [0.25, 0.3) is 5.69 Å². The highest BCUT2D eigenvalue weighted by atomic mass is 16.5. The van der Waals surface area contributed by atoms with Crippen molar-refractivity contribution < 1.29 is 19.1 Å². The lowest BCUT2D eigenvalue weighted by Gasteiger charge is -2.38. The van der Waals surface area contributed by atoms with E-state index >= 15 is 0 Å².